The fourth-order valence-electron chi connectivity index (χ4n) is 2.04. The van der Waals surface area contributed by atoms with Crippen LogP contribution >= 0.6 is 11.8 Å². The predicted molar refractivity (Wildman–Crippen MR) is 70.4 cm³/mol. The molecule has 1 aliphatic carbocycles. The van der Waals surface area contributed by atoms with Gasteiger partial charge in [-0.3, -0.25) is 0 Å². The molecule has 0 radical (unpaired) electrons. The van der Waals surface area contributed by atoms with Crippen molar-refractivity contribution in [2.24, 2.45) is 4.99 Å². The molecule has 1 saturated carbocycles. The maximum atomic E-state index is 10.6. The van der Waals surface area contributed by atoms with Gasteiger partial charge < -0.3 is 9.47 Å². The van der Waals surface area contributed by atoms with Gasteiger partial charge in [-0.2, -0.15) is 4.99 Å². The van der Waals surface area contributed by atoms with Crippen molar-refractivity contribution in [2.45, 2.75) is 23.3 Å². The zero-order valence-electron chi connectivity index (χ0n) is 10.6. The topological polar surface area (TPSA) is 47.9 Å². The van der Waals surface area contributed by atoms with Crippen molar-refractivity contribution in [1.29, 1.82) is 0 Å². The Kier molecular flexibility index (Phi) is 3.64. The third-order valence-electron chi connectivity index (χ3n) is 3.19. The number of carbonyl (C=O) groups excluding carboxylic acids is 1. The minimum atomic E-state index is -0.389. The van der Waals surface area contributed by atoms with E-state index >= 15 is 0 Å². The zero-order chi connectivity index (χ0) is 13.2. The van der Waals surface area contributed by atoms with Gasteiger partial charge in [-0.05, 0) is 36.8 Å². The molecule has 96 valence electrons. The van der Waals surface area contributed by atoms with Gasteiger partial charge in [0.1, 0.15) is 0 Å². The molecule has 0 aromatic heterocycles. The molecule has 0 bridgehead atoms. The molecule has 1 aromatic carbocycles. The van der Waals surface area contributed by atoms with Gasteiger partial charge in [-0.1, -0.05) is 0 Å². The molecule has 1 aliphatic rings. The Labute approximate surface area is 110 Å². The zero-order valence-corrected chi connectivity index (χ0v) is 11.5. The van der Waals surface area contributed by atoms with Gasteiger partial charge in [-0.15, -0.1) is 11.8 Å². The Morgan fingerprint density at radius 1 is 1.28 bits per heavy atom. The molecule has 1 fully saturated rings. The summed E-state index contributed by atoms with van der Waals surface area (Å²) in [6, 6.07) is 3.84. The maximum Gasteiger partial charge on any atom is 0.235 e. The highest BCUT2D eigenvalue weighted by Gasteiger charge is 2.46. The number of aliphatic imine (C=N–C) groups is 1. The summed E-state index contributed by atoms with van der Waals surface area (Å²) >= 11 is 1.61. The van der Waals surface area contributed by atoms with Gasteiger partial charge in [-0.25, -0.2) is 4.79 Å². The minimum Gasteiger partial charge on any atom is -0.493 e. The van der Waals surface area contributed by atoms with Crippen molar-refractivity contribution in [2.75, 3.05) is 20.5 Å². The Bertz CT molecular complexity index is 505. The van der Waals surface area contributed by atoms with Crippen molar-refractivity contribution in [3.63, 3.8) is 0 Å². The average Bonchev–Trinajstić information content (AvgIpc) is 3.18. The van der Waals surface area contributed by atoms with Crippen LogP contribution in [0.25, 0.3) is 0 Å². The Morgan fingerprint density at radius 2 is 1.89 bits per heavy atom. The van der Waals surface area contributed by atoms with Crippen LogP contribution in [0.15, 0.2) is 22.0 Å². The normalized spacial score (nSPS) is 15.7. The summed E-state index contributed by atoms with van der Waals surface area (Å²) in [4.78, 5) is 15.6. The predicted octanol–water partition coefficient (Wildman–Crippen LogP) is 2.75. The van der Waals surface area contributed by atoms with E-state index in [0.29, 0.717) is 11.5 Å². The van der Waals surface area contributed by atoms with Crippen molar-refractivity contribution < 1.29 is 14.3 Å². The van der Waals surface area contributed by atoms with Crippen LogP contribution in [0.5, 0.6) is 11.5 Å². The largest absolute Gasteiger partial charge is 0.493 e. The average molecular weight is 265 g/mol. The van der Waals surface area contributed by atoms with Crippen LogP contribution in [0, 0.1) is 0 Å². The molecule has 0 N–H and O–H groups in total. The first-order valence-electron chi connectivity index (χ1n) is 5.60. The van der Waals surface area contributed by atoms with Gasteiger partial charge in [0.25, 0.3) is 0 Å². The Balaban J connectivity index is 2.56. The monoisotopic (exact) mass is 265 g/mol. The van der Waals surface area contributed by atoms with Crippen molar-refractivity contribution >= 4 is 17.8 Å². The van der Waals surface area contributed by atoms with Crippen molar-refractivity contribution in [3.8, 4) is 11.5 Å². The SMILES string of the molecule is COc1cc(SC)c(C2(N=C=O)CC2)cc1OC. The molecule has 0 atom stereocenters. The van der Waals surface area contributed by atoms with E-state index in [1.165, 1.54) is 0 Å². The first kappa shape index (κ1) is 13.0. The molecule has 18 heavy (non-hydrogen) atoms. The number of hydrogen-bond acceptors (Lipinski definition) is 5. The third kappa shape index (κ3) is 2.11. The van der Waals surface area contributed by atoms with E-state index in [1.807, 2.05) is 18.4 Å². The lowest BCUT2D eigenvalue weighted by Crippen LogP contribution is -2.05. The highest BCUT2D eigenvalue weighted by atomic mass is 32.2. The molecular formula is C13H15NO3S. The van der Waals surface area contributed by atoms with Gasteiger partial charge in [0.2, 0.25) is 6.08 Å². The second-order valence-electron chi connectivity index (χ2n) is 4.14. The first-order valence-corrected chi connectivity index (χ1v) is 6.83. The van der Waals surface area contributed by atoms with Crippen LogP contribution in [0.3, 0.4) is 0 Å². The maximum absolute atomic E-state index is 10.6. The molecule has 2 rings (SSSR count). The number of thioether (sulfide) groups is 1. The lowest BCUT2D eigenvalue weighted by molar-refractivity contribution is 0.353. The van der Waals surface area contributed by atoms with E-state index in [2.05, 4.69) is 4.99 Å². The summed E-state index contributed by atoms with van der Waals surface area (Å²) < 4.78 is 10.6. The number of isocyanates is 1. The van der Waals surface area contributed by atoms with Gasteiger partial charge in [0.05, 0.1) is 19.8 Å². The van der Waals surface area contributed by atoms with Gasteiger partial charge in [0.15, 0.2) is 11.5 Å². The number of ether oxygens (including phenoxy) is 2. The molecule has 0 amide bonds. The van der Waals surface area contributed by atoms with E-state index in [1.54, 1.807) is 32.1 Å². The van der Waals surface area contributed by atoms with Crippen molar-refractivity contribution in [1.82, 2.24) is 0 Å². The van der Waals surface area contributed by atoms with Crippen LogP contribution in [-0.4, -0.2) is 26.6 Å². The van der Waals surface area contributed by atoms with E-state index in [4.69, 9.17) is 9.47 Å². The number of methoxy groups -OCH3 is 2. The molecule has 0 saturated heterocycles. The molecule has 5 heteroatoms. The highest BCUT2D eigenvalue weighted by molar-refractivity contribution is 7.98. The smallest absolute Gasteiger partial charge is 0.235 e. The third-order valence-corrected chi connectivity index (χ3v) is 3.97. The van der Waals surface area contributed by atoms with Gasteiger partial charge >= 0.3 is 0 Å². The Hall–Kier alpha value is -1.45. The second-order valence-corrected chi connectivity index (χ2v) is 4.99. The van der Waals surface area contributed by atoms with Crippen LogP contribution in [-0.2, 0) is 10.3 Å². The van der Waals surface area contributed by atoms with Crippen LogP contribution in [0.1, 0.15) is 18.4 Å². The summed E-state index contributed by atoms with van der Waals surface area (Å²) in [7, 11) is 3.21. The highest BCUT2D eigenvalue weighted by Crippen LogP contribution is 2.53. The minimum absolute atomic E-state index is 0.389. The molecule has 0 spiro atoms. The van der Waals surface area contributed by atoms with Crippen LogP contribution < -0.4 is 9.47 Å². The standard InChI is InChI=1S/C13H15NO3S/c1-16-10-6-9(13(4-5-13)14-8-15)12(18-3)7-11(10)17-2/h6-7H,4-5H2,1-3H3. The lowest BCUT2D eigenvalue weighted by Gasteiger charge is -2.17. The van der Waals surface area contributed by atoms with E-state index in [-0.39, 0.29) is 5.54 Å². The number of hydrogen-bond donors (Lipinski definition) is 0. The summed E-state index contributed by atoms with van der Waals surface area (Å²) in [5, 5.41) is 0. The van der Waals surface area contributed by atoms with E-state index in [9.17, 15) is 4.79 Å². The van der Waals surface area contributed by atoms with E-state index < -0.39 is 0 Å². The summed E-state index contributed by atoms with van der Waals surface area (Å²) in [5.74, 6) is 1.36. The first-order chi connectivity index (χ1) is 8.70. The quantitative estimate of drug-likeness (QED) is 0.466. The number of benzene rings is 1. The fraction of sp³-hybridized carbons (Fsp3) is 0.462. The van der Waals surface area contributed by atoms with Crippen LogP contribution in [0.2, 0.25) is 0 Å². The number of nitrogens with zero attached hydrogens (tertiary/aromatic N) is 1. The van der Waals surface area contributed by atoms with Crippen molar-refractivity contribution in [3.05, 3.63) is 17.7 Å². The molecule has 0 unspecified atom stereocenters. The van der Waals surface area contributed by atoms with E-state index in [0.717, 1.165) is 23.3 Å². The molecule has 0 aliphatic heterocycles. The summed E-state index contributed by atoms with van der Waals surface area (Å²) in [5.41, 5.74) is 0.635. The summed E-state index contributed by atoms with van der Waals surface area (Å²) in [6.45, 7) is 0. The molecule has 1 aromatic rings. The Morgan fingerprint density at radius 3 is 2.33 bits per heavy atom. The second kappa shape index (κ2) is 5.04. The fourth-order valence-corrected chi connectivity index (χ4v) is 2.73. The van der Waals surface area contributed by atoms with Gasteiger partial charge in [0, 0.05) is 4.90 Å². The van der Waals surface area contributed by atoms with Crippen LogP contribution in [0.4, 0.5) is 0 Å². The summed E-state index contributed by atoms with van der Waals surface area (Å²) in [6.07, 6.45) is 5.43. The molecular weight excluding hydrogens is 250 g/mol. The molecule has 0 heterocycles. The molecule has 4 nitrogen and oxygen atoms in total. The number of rotatable bonds is 5. The lowest BCUT2D eigenvalue weighted by atomic mass is 10.0.